The van der Waals surface area contributed by atoms with E-state index in [0.29, 0.717) is 37.6 Å². The van der Waals surface area contributed by atoms with Crippen molar-refractivity contribution in [2.75, 3.05) is 26.9 Å². The van der Waals surface area contributed by atoms with Gasteiger partial charge in [0, 0.05) is 39.3 Å². The van der Waals surface area contributed by atoms with Crippen molar-refractivity contribution in [3.05, 3.63) is 0 Å². The fraction of sp³-hybridized carbons (Fsp3) is 1.00. The minimum absolute atomic E-state index is 0.347. The van der Waals surface area contributed by atoms with Gasteiger partial charge in [-0.25, -0.2) is 0 Å². The molecule has 4 heteroatoms. The topological polar surface area (TPSA) is 50.7 Å². The largest absolute Gasteiger partial charge is 0.389 e. The molecule has 1 aliphatic heterocycles. The first-order valence-corrected chi connectivity index (χ1v) is 7.01. The van der Waals surface area contributed by atoms with Gasteiger partial charge in [0.1, 0.15) is 0 Å². The summed E-state index contributed by atoms with van der Waals surface area (Å²) in [6, 6.07) is 0.458. The van der Waals surface area contributed by atoms with Gasteiger partial charge in [-0.05, 0) is 25.7 Å². The van der Waals surface area contributed by atoms with Crippen molar-refractivity contribution in [3.8, 4) is 0 Å². The highest BCUT2D eigenvalue weighted by Crippen LogP contribution is 2.20. The minimum Gasteiger partial charge on any atom is -0.389 e. The third-order valence-electron chi connectivity index (χ3n) is 3.67. The molecular weight excluding hydrogens is 230 g/mol. The molecule has 0 spiro atoms. The zero-order valence-corrected chi connectivity index (χ0v) is 12.2. The van der Waals surface area contributed by atoms with Crippen molar-refractivity contribution in [1.82, 2.24) is 5.32 Å². The molecule has 0 aliphatic carbocycles. The quantitative estimate of drug-likeness (QED) is 0.728. The Bertz CT molecular complexity index is 231. The maximum atomic E-state index is 10.2. The van der Waals surface area contributed by atoms with Crippen molar-refractivity contribution in [2.24, 2.45) is 5.92 Å². The van der Waals surface area contributed by atoms with Gasteiger partial charge in [-0.1, -0.05) is 13.8 Å². The molecule has 4 nitrogen and oxygen atoms in total. The van der Waals surface area contributed by atoms with Crippen LogP contribution in [0.2, 0.25) is 0 Å². The summed E-state index contributed by atoms with van der Waals surface area (Å²) in [5.74, 6) is 0.559. The van der Waals surface area contributed by atoms with Gasteiger partial charge in [-0.2, -0.15) is 0 Å². The van der Waals surface area contributed by atoms with Gasteiger partial charge in [0.15, 0.2) is 0 Å². The van der Waals surface area contributed by atoms with Gasteiger partial charge >= 0.3 is 0 Å². The molecule has 0 saturated carbocycles. The van der Waals surface area contributed by atoms with Crippen LogP contribution in [0.25, 0.3) is 0 Å². The number of hydrogen-bond donors (Lipinski definition) is 2. The van der Waals surface area contributed by atoms with E-state index in [4.69, 9.17) is 9.47 Å². The molecule has 108 valence electrons. The predicted octanol–water partition coefficient (Wildman–Crippen LogP) is 1.57. The minimum atomic E-state index is -0.693. The van der Waals surface area contributed by atoms with E-state index < -0.39 is 5.60 Å². The molecule has 0 aromatic carbocycles. The van der Waals surface area contributed by atoms with Crippen LogP contribution in [0.5, 0.6) is 0 Å². The van der Waals surface area contributed by atoms with E-state index in [1.807, 2.05) is 6.92 Å². The maximum Gasteiger partial charge on any atom is 0.0765 e. The Morgan fingerprint density at radius 2 is 2.22 bits per heavy atom. The lowest BCUT2D eigenvalue weighted by atomic mass is 9.94. The number of ether oxygens (including phenoxy) is 2. The standard InChI is InChI=1S/C14H29NO3/c1-11(2)13-9-12(5-7-18-13)15-10-14(3,16)6-8-17-4/h11-13,15-16H,5-10H2,1-4H3. The summed E-state index contributed by atoms with van der Waals surface area (Å²) in [4.78, 5) is 0. The number of rotatable bonds is 7. The van der Waals surface area contributed by atoms with Crippen LogP contribution in [-0.4, -0.2) is 49.7 Å². The number of nitrogens with one attached hydrogen (secondary N) is 1. The molecule has 1 fully saturated rings. The lowest BCUT2D eigenvalue weighted by Gasteiger charge is -2.34. The number of aliphatic hydroxyl groups is 1. The smallest absolute Gasteiger partial charge is 0.0765 e. The first kappa shape index (κ1) is 15.9. The van der Waals surface area contributed by atoms with Gasteiger partial charge in [0.25, 0.3) is 0 Å². The zero-order valence-electron chi connectivity index (χ0n) is 12.2. The van der Waals surface area contributed by atoms with Gasteiger partial charge in [0.2, 0.25) is 0 Å². The highest BCUT2D eigenvalue weighted by Gasteiger charge is 2.27. The van der Waals surface area contributed by atoms with E-state index in [1.165, 1.54) is 0 Å². The summed E-state index contributed by atoms with van der Waals surface area (Å²) < 4.78 is 10.8. The SMILES string of the molecule is COCCC(C)(O)CNC1CCOC(C(C)C)C1. The third-order valence-corrected chi connectivity index (χ3v) is 3.67. The van der Waals surface area contributed by atoms with Gasteiger partial charge < -0.3 is 19.9 Å². The molecule has 0 radical (unpaired) electrons. The van der Waals surface area contributed by atoms with Gasteiger partial charge in [-0.3, -0.25) is 0 Å². The van der Waals surface area contributed by atoms with Crippen LogP contribution >= 0.6 is 0 Å². The molecule has 0 aromatic rings. The first-order valence-electron chi connectivity index (χ1n) is 7.01. The summed E-state index contributed by atoms with van der Waals surface area (Å²) in [7, 11) is 1.66. The Kier molecular flexibility index (Phi) is 6.57. The fourth-order valence-corrected chi connectivity index (χ4v) is 2.25. The van der Waals surface area contributed by atoms with Crippen molar-refractivity contribution in [3.63, 3.8) is 0 Å². The summed E-state index contributed by atoms with van der Waals surface area (Å²) in [6.07, 6.45) is 3.08. The van der Waals surface area contributed by atoms with E-state index in [1.54, 1.807) is 7.11 Å². The van der Waals surface area contributed by atoms with Crippen LogP contribution in [0, 0.1) is 5.92 Å². The van der Waals surface area contributed by atoms with E-state index in [2.05, 4.69) is 19.2 Å². The second kappa shape index (κ2) is 7.43. The Morgan fingerprint density at radius 3 is 2.83 bits per heavy atom. The average Bonchev–Trinajstić information content (AvgIpc) is 2.34. The van der Waals surface area contributed by atoms with Crippen LogP contribution in [-0.2, 0) is 9.47 Å². The maximum absolute atomic E-state index is 10.2. The molecule has 1 aliphatic rings. The predicted molar refractivity (Wildman–Crippen MR) is 72.7 cm³/mol. The Balaban J connectivity index is 2.29. The lowest BCUT2D eigenvalue weighted by molar-refractivity contribution is -0.0312. The van der Waals surface area contributed by atoms with E-state index in [0.717, 1.165) is 19.4 Å². The second-order valence-electron chi connectivity index (χ2n) is 6.00. The van der Waals surface area contributed by atoms with Crippen LogP contribution in [0.3, 0.4) is 0 Å². The average molecular weight is 259 g/mol. The zero-order chi connectivity index (χ0) is 13.6. The molecule has 0 aromatic heterocycles. The normalized spacial score (nSPS) is 28.3. The summed E-state index contributed by atoms with van der Waals surface area (Å²) in [6.45, 7) is 8.28. The first-order chi connectivity index (χ1) is 8.44. The van der Waals surface area contributed by atoms with Crippen molar-refractivity contribution in [2.45, 2.75) is 57.8 Å². The molecule has 0 amide bonds. The Hall–Kier alpha value is -0.160. The van der Waals surface area contributed by atoms with Gasteiger partial charge in [0.05, 0.1) is 11.7 Å². The summed E-state index contributed by atoms with van der Waals surface area (Å²) >= 11 is 0. The monoisotopic (exact) mass is 259 g/mol. The number of hydrogen-bond acceptors (Lipinski definition) is 4. The van der Waals surface area contributed by atoms with E-state index >= 15 is 0 Å². The highest BCUT2D eigenvalue weighted by atomic mass is 16.5. The Labute approximate surface area is 111 Å². The second-order valence-corrected chi connectivity index (χ2v) is 6.00. The summed E-state index contributed by atoms with van der Waals surface area (Å²) in [5.41, 5.74) is -0.693. The van der Waals surface area contributed by atoms with Gasteiger partial charge in [-0.15, -0.1) is 0 Å². The van der Waals surface area contributed by atoms with Crippen LogP contribution in [0.1, 0.15) is 40.0 Å². The highest BCUT2D eigenvalue weighted by molar-refractivity contribution is 4.83. The van der Waals surface area contributed by atoms with Crippen molar-refractivity contribution < 1.29 is 14.6 Å². The molecular formula is C14H29NO3. The third kappa shape index (κ3) is 5.65. The molecule has 18 heavy (non-hydrogen) atoms. The molecule has 3 unspecified atom stereocenters. The lowest BCUT2D eigenvalue weighted by Crippen LogP contribution is -2.47. The van der Waals surface area contributed by atoms with Crippen molar-refractivity contribution in [1.29, 1.82) is 0 Å². The van der Waals surface area contributed by atoms with Crippen LogP contribution in [0.15, 0.2) is 0 Å². The number of methoxy groups -OCH3 is 1. The van der Waals surface area contributed by atoms with E-state index in [9.17, 15) is 5.11 Å². The van der Waals surface area contributed by atoms with Crippen molar-refractivity contribution >= 4 is 0 Å². The fourth-order valence-electron chi connectivity index (χ4n) is 2.25. The summed E-state index contributed by atoms with van der Waals surface area (Å²) in [5, 5.41) is 13.6. The van der Waals surface area contributed by atoms with Crippen LogP contribution < -0.4 is 5.32 Å². The Morgan fingerprint density at radius 1 is 1.50 bits per heavy atom. The molecule has 1 saturated heterocycles. The molecule has 1 rings (SSSR count). The van der Waals surface area contributed by atoms with Crippen LogP contribution in [0.4, 0.5) is 0 Å². The molecule has 0 bridgehead atoms. The van der Waals surface area contributed by atoms with E-state index in [-0.39, 0.29) is 0 Å². The molecule has 2 N–H and O–H groups in total. The molecule has 3 atom stereocenters. The molecule has 1 heterocycles.